The predicted octanol–water partition coefficient (Wildman–Crippen LogP) is 4.01. The number of halogens is 5. The third-order valence-electron chi connectivity index (χ3n) is 7.27. The number of amides is 1. The molecular weight excluding hydrogens is 591 g/mol. The maximum absolute atomic E-state index is 15.1. The molecule has 15 heteroatoms. The summed E-state index contributed by atoms with van der Waals surface area (Å²) < 4.78 is 83.1. The van der Waals surface area contributed by atoms with E-state index in [4.69, 9.17) is 15.2 Å². The summed E-state index contributed by atoms with van der Waals surface area (Å²) in [7, 11) is 1.07. The smallest absolute Gasteiger partial charge is 0.418 e. The van der Waals surface area contributed by atoms with Crippen LogP contribution < -0.4 is 16.0 Å². The molecule has 0 spiro atoms. The van der Waals surface area contributed by atoms with E-state index in [9.17, 15) is 22.8 Å². The van der Waals surface area contributed by atoms with Crippen molar-refractivity contribution in [2.45, 2.75) is 31.6 Å². The molecule has 44 heavy (non-hydrogen) atoms. The summed E-state index contributed by atoms with van der Waals surface area (Å²) in [5, 5.41) is 2.32. The zero-order chi connectivity index (χ0) is 31.8. The summed E-state index contributed by atoms with van der Waals surface area (Å²) >= 11 is 0. The lowest BCUT2D eigenvalue weighted by molar-refractivity contribution is -0.143. The summed E-state index contributed by atoms with van der Waals surface area (Å²) in [6, 6.07) is 5.10. The maximum atomic E-state index is 15.1. The Hall–Kier alpha value is -4.79. The van der Waals surface area contributed by atoms with Gasteiger partial charge in [-0.1, -0.05) is 0 Å². The first-order valence-corrected chi connectivity index (χ1v) is 13.4. The third-order valence-corrected chi connectivity index (χ3v) is 7.27. The van der Waals surface area contributed by atoms with Crippen LogP contribution in [0.25, 0.3) is 16.9 Å². The van der Waals surface area contributed by atoms with Crippen LogP contribution in [0.5, 0.6) is 0 Å². The van der Waals surface area contributed by atoms with E-state index in [0.717, 1.165) is 31.4 Å². The van der Waals surface area contributed by atoms with E-state index >= 15 is 8.78 Å². The molecule has 0 aliphatic carbocycles. The van der Waals surface area contributed by atoms with Crippen molar-refractivity contribution in [2.24, 2.45) is 0 Å². The molecule has 4 aromatic rings. The van der Waals surface area contributed by atoms with Gasteiger partial charge in [-0.3, -0.25) is 4.79 Å². The summed E-state index contributed by atoms with van der Waals surface area (Å²) in [6.07, 6.45) is -2.24. The molecule has 0 radical (unpaired) electrons. The zero-order valence-electron chi connectivity index (χ0n) is 23.5. The van der Waals surface area contributed by atoms with Gasteiger partial charge in [0.15, 0.2) is 0 Å². The molecule has 5 rings (SSSR count). The van der Waals surface area contributed by atoms with E-state index in [-0.39, 0.29) is 35.2 Å². The second-order valence-electron chi connectivity index (χ2n) is 10.1. The first kappa shape index (κ1) is 30.7. The number of morpholine rings is 1. The SMILES string of the molecule is COC(=O)[C@H](Cc1ccc(-c2nc(N)ccc2C(F)(F)F)c2nccn12)NC(=O)c1c(F)cc(N2CCOC[C@@H]2C)cc1F. The second-order valence-corrected chi connectivity index (χ2v) is 10.1. The molecule has 10 nitrogen and oxygen atoms in total. The van der Waals surface area contributed by atoms with Crippen LogP contribution in [0.15, 0.2) is 48.8 Å². The number of anilines is 2. The van der Waals surface area contributed by atoms with Crippen molar-refractivity contribution in [1.82, 2.24) is 19.7 Å². The summed E-state index contributed by atoms with van der Waals surface area (Å²) in [6.45, 7) is 2.99. The lowest BCUT2D eigenvalue weighted by Gasteiger charge is -2.35. The number of methoxy groups -OCH3 is 1. The van der Waals surface area contributed by atoms with Crippen molar-refractivity contribution in [3.05, 3.63) is 77.2 Å². The highest BCUT2D eigenvalue weighted by molar-refractivity contribution is 5.97. The number of nitrogen functional groups attached to an aromatic ring is 1. The first-order chi connectivity index (χ1) is 20.9. The normalized spacial score (nSPS) is 16.2. The van der Waals surface area contributed by atoms with Crippen LogP contribution in [0.3, 0.4) is 0 Å². The van der Waals surface area contributed by atoms with Crippen molar-refractivity contribution in [3.8, 4) is 11.3 Å². The van der Waals surface area contributed by atoms with Crippen LogP contribution in [0.4, 0.5) is 33.5 Å². The van der Waals surface area contributed by atoms with Crippen molar-refractivity contribution < 1.29 is 41.0 Å². The van der Waals surface area contributed by atoms with Crippen molar-refractivity contribution in [2.75, 3.05) is 37.5 Å². The Kier molecular flexibility index (Phi) is 8.41. The summed E-state index contributed by atoms with van der Waals surface area (Å²) in [4.78, 5) is 35.6. The molecule has 1 aromatic carbocycles. The molecule has 1 amide bonds. The fourth-order valence-electron chi connectivity index (χ4n) is 5.16. The van der Waals surface area contributed by atoms with Gasteiger partial charge < -0.3 is 29.8 Å². The zero-order valence-corrected chi connectivity index (χ0v) is 23.5. The number of nitrogens with zero attached hydrogens (tertiary/aromatic N) is 4. The van der Waals surface area contributed by atoms with E-state index in [1.807, 2.05) is 6.92 Å². The highest BCUT2D eigenvalue weighted by atomic mass is 19.4. The van der Waals surface area contributed by atoms with Crippen LogP contribution in [0.1, 0.15) is 28.5 Å². The van der Waals surface area contributed by atoms with Gasteiger partial charge in [-0.15, -0.1) is 0 Å². The number of hydrogen-bond acceptors (Lipinski definition) is 8. The lowest BCUT2D eigenvalue weighted by Crippen LogP contribution is -2.44. The Bertz CT molecular complexity index is 1700. The average Bonchev–Trinajstić information content (AvgIpc) is 3.46. The van der Waals surface area contributed by atoms with E-state index in [2.05, 4.69) is 15.3 Å². The molecule has 0 unspecified atom stereocenters. The Labute approximate surface area is 247 Å². The fraction of sp³-hybridized carbons (Fsp3) is 0.310. The number of ether oxygens (including phenoxy) is 2. The number of nitrogens with two attached hydrogens (primary N) is 1. The van der Waals surface area contributed by atoms with Crippen molar-refractivity contribution >= 4 is 29.0 Å². The molecule has 2 atom stereocenters. The van der Waals surface area contributed by atoms with E-state index < -0.39 is 52.5 Å². The maximum Gasteiger partial charge on any atom is 0.418 e. The molecule has 3 aromatic heterocycles. The number of benzene rings is 1. The molecule has 1 aliphatic heterocycles. The number of carbonyl (C=O) groups is 2. The molecule has 4 heterocycles. The Balaban J connectivity index is 1.45. The third kappa shape index (κ3) is 6.00. The van der Waals surface area contributed by atoms with Gasteiger partial charge in [0.2, 0.25) is 0 Å². The summed E-state index contributed by atoms with van der Waals surface area (Å²) in [5.41, 5.74) is 3.94. The average molecular weight is 619 g/mol. The minimum Gasteiger partial charge on any atom is -0.467 e. The number of aromatic nitrogens is 3. The molecule has 3 N–H and O–H groups in total. The van der Waals surface area contributed by atoms with Gasteiger partial charge in [0, 0.05) is 48.3 Å². The van der Waals surface area contributed by atoms with Crippen molar-refractivity contribution in [1.29, 1.82) is 0 Å². The number of nitrogens with one attached hydrogen (secondary N) is 1. The van der Waals surface area contributed by atoms with Gasteiger partial charge in [0.25, 0.3) is 5.91 Å². The topological polar surface area (TPSA) is 124 Å². The Morgan fingerprint density at radius 3 is 2.57 bits per heavy atom. The standard InChI is InChI=1S/C29H27F5N6O4/c1-15-14-44-10-9-39(15)17-11-20(30)24(21(31)12-17)27(41)37-22(28(42)43-2)13-16-3-4-18(26-36-7-8-40(16)26)25-19(29(32,33)34)5-6-23(35)38-25/h3-8,11-12,15,22H,9-10,13-14H2,1-2H3,(H2,35,38)(H,37,41)/t15-,22-/m0/s1. The number of alkyl halides is 3. The lowest BCUT2D eigenvalue weighted by atomic mass is 10.0. The molecular formula is C29H27F5N6O4. The van der Waals surface area contributed by atoms with E-state index in [1.54, 1.807) is 4.90 Å². The van der Waals surface area contributed by atoms with Crippen LogP contribution in [-0.2, 0) is 26.9 Å². The van der Waals surface area contributed by atoms with Gasteiger partial charge in [0.1, 0.15) is 34.7 Å². The Morgan fingerprint density at radius 2 is 1.91 bits per heavy atom. The molecule has 1 fully saturated rings. The number of fused-ring (bicyclic) bond motifs is 1. The molecule has 232 valence electrons. The van der Waals surface area contributed by atoms with Gasteiger partial charge in [-0.25, -0.2) is 23.5 Å². The molecule has 1 saturated heterocycles. The number of pyridine rings is 2. The molecule has 1 aliphatic rings. The molecule has 0 saturated carbocycles. The number of esters is 1. The van der Waals surface area contributed by atoms with Crippen LogP contribution in [0, 0.1) is 11.6 Å². The quantitative estimate of drug-likeness (QED) is 0.235. The number of rotatable bonds is 7. The number of imidazole rings is 1. The second kappa shape index (κ2) is 12.1. The van der Waals surface area contributed by atoms with Gasteiger partial charge in [-0.05, 0) is 43.3 Å². The largest absolute Gasteiger partial charge is 0.467 e. The van der Waals surface area contributed by atoms with Crippen molar-refractivity contribution in [3.63, 3.8) is 0 Å². The fourth-order valence-corrected chi connectivity index (χ4v) is 5.16. The van der Waals surface area contributed by atoms with Gasteiger partial charge >= 0.3 is 12.1 Å². The van der Waals surface area contributed by atoms with E-state index in [0.29, 0.717) is 25.5 Å². The highest BCUT2D eigenvalue weighted by Crippen LogP contribution is 2.38. The van der Waals surface area contributed by atoms with Crippen LogP contribution in [0.2, 0.25) is 0 Å². The Morgan fingerprint density at radius 1 is 1.18 bits per heavy atom. The summed E-state index contributed by atoms with van der Waals surface area (Å²) in [5.74, 6) is -4.52. The number of hydrogen-bond donors (Lipinski definition) is 2. The predicted molar refractivity (Wildman–Crippen MR) is 149 cm³/mol. The monoisotopic (exact) mass is 618 g/mol. The minimum atomic E-state index is -4.73. The van der Waals surface area contributed by atoms with E-state index in [1.165, 1.54) is 28.9 Å². The first-order valence-electron chi connectivity index (χ1n) is 13.4. The van der Waals surface area contributed by atoms with Gasteiger partial charge in [0.05, 0.1) is 31.6 Å². The minimum absolute atomic E-state index is 0.0100. The number of carbonyl (C=O) groups excluding carboxylic acids is 2. The molecule has 0 bridgehead atoms. The van der Waals surface area contributed by atoms with Gasteiger partial charge in [-0.2, -0.15) is 13.2 Å². The van der Waals surface area contributed by atoms with Crippen LogP contribution >= 0.6 is 0 Å². The van der Waals surface area contributed by atoms with Crippen LogP contribution in [-0.4, -0.2) is 65.2 Å². The highest BCUT2D eigenvalue weighted by Gasteiger charge is 2.36.